The summed E-state index contributed by atoms with van der Waals surface area (Å²) in [5.74, 6) is 0. The molecule has 5 heteroatoms. The highest BCUT2D eigenvalue weighted by molar-refractivity contribution is 5.39. The fourth-order valence-electron chi connectivity index (χ4n) is 1.39. The first-order valence-electron chi connectivity index (χ1n) is 4.59. The molecule has 0 spiro atoms. The Morgan fingerprint density at radius 3 is 2.38 bits per heavy atom. The molecule has 0 fully saturated rings. The Kier molecular flexibility index (Phi) is 3.55. The van der Waals surface area contributed by atoms with Gasteiger partial charge in [0, 0.05) is 6.54 Å². The van der Waals surface area contributed by atoms with Crippen molar-refractivity contribution in [2.45, 2.75) is 12.7 Å². The monoisotopic (exact) mass is 228 g/mol. The maximum absolute atomic E-state index is 12.7. The number of alkyl halides is 3. The highest BCUT2D eigenvalue weighted by Gasteiger charge is 2.33. The molecule has 0 radical (unpaired) electrons. The molecule has 16 heavy (non-hydrogen) atoms. The van der Waals surface area contributed by atoms with Crippen molar-refractivity contribution in [1.82, 2.24) is 4.90 Å². The first-order valence-corrected chi connectivity index (χ1v) is 4.59. The number of nitriles is 1. The molecule has 2 nitrogen and oxygen atoms in total. The standard InChI is InChI=1S/C11H11F3N2/c1-16(2)7-9-4-3-8(6-15)5-10(9)11(12,13)14/h3-5H,7H2,1-2H3. The summed E-state index contributed by atoms with van der Waals surface area (Å²) in [7, 11) is 3.39. The van der Waals surface area contributed by atoms with Gasteiger partial charge in [-0.05, 0) is 31.8 Å². The van der Waals surface area contributed by atoms with Crippen LogP contribution >= 0.6 is 0 Å². The quantitative estimate of drug-likeness (QED) is 0.778. The molecule has 1 aromatic rings. The smallest absolute Gasteiger partial charge is 0.305 e. The maximum Gasteiger partial charge on any atom is 0.416 e. The molecule has 0 aliphatic heterocycles. The second-order valence-corrected chi connectivity index (χ2v) is 3.72. The Morgan fingerprint density at radius 2 is 1.94 bits per heavy atom. The second-order valence-electron chi connectivity index (χ2n) is 3.72. The topological polar surface area (TPSA) is 27.0 Å². The fourth-order valence-corrected chi connectivity index (χ4v) is 1.39. The van der Waals surface area contributed by atoms with Crippen molar-refractivity contribution in [3.05, 3.63) is 34.9 Å². The van der Waals surface area contributed by atoms with Gasteiger partial charge in [0.15, 0.2) is 0 Å². The number of hydrogen-bond donors (Lipinski definition) is 0. The molecule has 0 unspecified atom stereocenters. The molecule has 0 bridgehead atoms. The summed E-state index contributed by atoms with van der Waals surface area (Å²) in [5.41, 5.74) is -0.536. The summed E-state index contributed by atoms with van der Waals surface area (Å²) in [6.45, 7) is 0.195. The lowest BCUT2D eigenvalue weighted by molar-refractivity contribution is -0.138. The lowest BCUT2D eigenvalue weighted by Crippen LogP contribution is -2.16. The molecule has 0 saturated heterocycles. The number of rotatable bonds is 2. The summed E-state index contributed by atoms with van der Waals surface area (Å²) in [5, 5.41) is 8.57. The third-order valence-corrected chi connectivity index (χ3v) is 2.03. The summed E-state index contributed by atoms with van der Waals surface area (Å²) < 4.78 is 38.1. The van der Waals surface area contributed by atoms with Gasteiger partial charge in [-0.15, -0.1) is 0 Å². The average molecular weight is 228 g/mol. The van der Waals surface area contributed by atoms with Gasteiger partial charge in [0.1, 0.15) is 0 Å². The van der Waals surface area contributed by atoms with Crippen molar-refractivity contribution in [2.24, 2.45) is 0 Å². The van der Waals surface area contributed by atoms with Gasteiger partial charge in [-0.2, -0.15) is 18.4 Å². The van der Waals surface area contributed by atoms with Crippen LogP contribution in [0.15, 0.2) is 18.2 Å². The van der Waals surface area contributed by atoms with Crippen molar-refractivity contribution in [3.63, 3.8) is 0 Å². The van der Waals surface area contributed by atoms with Gasteiger partial charge in [-0.3, -0.25) is 0 Å². The maximum atomic E-state index is 12.7. The minimum absolute atomic E-state index is 0.0230. The molecule has 0 N–H and O–H groups in total. The van der Waals surface area contributed by atoms with Gasteiger partial charge < -0.3 is 4.90 Å². The Hall–Kier alpha value is -1.54. The first kappa shape index (κ1) is 12.5. The Bertz CT molecular complexity index is 416. The van der Waals surface area contributed by atoms with E-state index in [0.29, 0.717) is 0 Å². The average Bonchev–Trinajstić information content (AvgIpc) is 2.15. The van der Waals surface area contributed by atoms with Crippen LogP contribution < -0.4 is 0 Å². The van der Waals surface area contributed by atoms with E-state index in [1.54, 1.807) is 25.1 Å². The SMILES string of the molecule is CN(C)Cc1ccc(C#N)cc1C(F)(F)F. The van der Waals surface area contributed by atoms with E-state index in [-0.39, 0.29) is 17.7 Å². The van der Waals surface area contributed by atoms with E-state index >= 15 is 0 Å². The second kappa shape index (κ2) is 4.54. The lowest BCUT2D eigenvalue weighted by Gasteiger charge is -2.16. The number of nitrogens with zero attached hydrogens (tertiary/aromatic N) is 2. The van der Waals surface area contributed by atoms with Crippen molar-refractivity contribution in [3.8, 4) is 6.07 Å². The van der Waals surface area contributed by atoms with Gasteiger partial charge in [0.25, 0.3) is 0 Å². The highest BCUT2D eigenvalue weighted by Crippen LogP contribution is 2.33. The molecule has 0 atom stereocenters. The summed E-state index contributed by atoms with van der Waals surface area (Å²) in [4.78, 5) is 1.65. The molecular formula is C11H11F3N2. The van der Waals surface area contributed by atoms with E-state index in [1.807, 2.05) is 0 Å². The van der Waals surface area contributed by atoms with Gasteiger partial charge in [-0.25, -0.2) is 0 Å². The van der Waals surface area contributed by atoms with Crippen LogP contribution in [0.5, 0.6) is 0 Å². The third kappa shape index (κ3) is 2.97. The lowest BCUT2D eigenvalue weighted by atomic mass is 10.0. The predicted octanol–water partition coefficient (Wildman–Crippen LogP) is 2.64. The Labute approximate surface area is 91.9 Å². The minimum atomic E-state index is -4.42. The van der Waals surface area contributed by atoms with Crippen molar-refractivity contribution < 1.29 is 13.2 Å². The van der Waals surface area contributed by atoms with Crippen molar-refractivity contribution in [1.29, 1.82) is 5.26 Å². The molecule has 0 amide bonds. The molecule has 0 aliphatic rings. The van der Waals surface area contributed by atoms with E-state index in [1.165, 1.54) is 12.1 Å². The van der Waals surface area contributed by atoms with Crippen LogP contribution in [0, 0.1) is 11.3 Å². The largest absolute Gasteiger partial charge is 0.416 e. The van der Waals surface area contributed by atoms with Crippen molar-refractivity contribution in [2.75, 3.05) is 14.1 Å². The molecule has 86 valence electrons. The molecule has 0 saturated carbocycles. The first-order chi connectivity index (χ1) is 7.34. The number of halogens is 3. The Morgan fingerprint density at radius 1 is 1.31 bits per heavy atom. The van der Waals surface area contributed by atoms with Crippen LogP contribution in [0.25, 0.3) is 0 Å². The number of hydrogen-bond acceptors (Lipinski definition) is 2. The van der Waals surface area contributed by atoms with E-state index in [4.69, 9.17) is 5.26 Å². The van der Waals surface area contributed by atoms with E-state index in [9.17, 15) is 13.2 Å². The predicted molar refractivity (Wildman–Crippen MR) is 53.6 cm³/mol. The Balaban J connectivity index is 3.23. The van der Waals surface area contributed by atoms with Crippen LogP contribution in [0.1, 0.15) is 16.7 Å². The molecule has 0 heterocycles. The summed E-state index contributed by atoms with van der Waals surface area (Å²) in [6, 6.07) is 5.34. The molecular weight excluding hydrogens is 217 g/mol. The minimum Gasteiger partial charge on any atom is -0.305 e. The fraction of sp³-hybridized carbons (Fsp3) is 0.364. The third-order valence-electron chi connectivity index (χ3n) is 2.03. The zero-order chi connectivity index (χ0) is 12.3. The molecule has 0 aromatic heterocycles. The molecule has 0 aliphatic carbocycles. The van der Waals surface area contributed by atoms with Crippen LogP contribution in [-0.2, 0) is 12.7 Å². The van der Waals surface area contributed by atoms with Crippen LogP contribution in [0.2, 0.25) is 0 Å². The highest BCUT2D eigenvalue weighted by atomic mass is 19.4. The van der Waals surface area contributed by atoms with E-state index in [0.717, 1.165) is 6.07 Å². The van der Waals surface area contributed by atoms with Crippen molar-refractivity contribution >= 4 is 0 Å². The zero-order valence-corrected chi connectivity index (χ0v) is 8.97. The summed E-state index contributed by atoms with van der Waals surface area (Å²) >= 11 is 0. The zero-order valence-electron chi connectivity index (χ0n) is 8.97. The van der Waals surface area contributed by atoms with Gasteiger partial charge >= 0.3 is 6.18 Å². The molecule has 1 aromatic carbocycles. The van der Waals surface area contributed by atoms with Gasteiger partial charge in [-0.1, -0.05) is 6.07 Å². The van der Waals surface area contributed by atoms with Gasteiger partial charge in [0.2, 0.25) is 0 Å². The normalized spacial score (nSPS) is 11.6. The van der Waals surface area contributed by atoms with Gasteiger partial charge in [0.05, 0.1) is 17.2 Å². The van der Waals surface area contributed by atoms with E-state index < -0.39 is 11.7 Å². The van der Waals surface area contributed by atoms with Crippen LogP contribution in [0.4, 0.5) is 13.2 Å². The molecule has 1 rings (SSSR count). The van der Waals surface area contributed by atoms with Crippen LogP contribution in [-0.4, -0.2) is 19.0 Å². The van der Waals surface area contributed by atoms with E-state index in [2.05, 4.69) is 0 Å². The summed E-state index contributed by atoms with van der Waals surface area (Å²) in [6.07, 6.45) is -4.42. The van der Waals surface area contributed by atoms with Crippen LogP contribution in [0.3, 0.4) is 0 Å². The number of benzene rings is 1.